The molecule has 0 aliphatic carbocycles. The van der Waals surface area contributed by atoms with Crippen LogP contribution in [0, 0.1) is 0 Å². The number of benzene rings is 1. The van der Waals surface area contributed by atoms with Crippen molar-refractivity contribution in [1.82, 2.24) is 9.80 Å². The Labute approximate surface area is 113 Å². The molecule has 1 aromatic carbocycles. The number of sulfonamides is 1. The Balaban J connectivity index is 3.22. The number of guanidine groups is 1. The molecular formula is C11H16ClN3O2S. The Kier molecular flexibility index (Phi) is 4.59. The number of nitrogens with zero attached hydrogens (tertiary/aromatic N) is 3. The van der Waals surface area contributed by atoms with Gasteiger partial charge in [0.25, 0.3) is 10.0 Å². The summed E-state index contributed by atoms with van der Waals surface area (Å²) in [7, 11) is 3.21. The first kappa shape index (κ1) is 14.8. The first-order valence-corrected chi connectivity index (χ1v) is 7.01. The Morgan fingerprint density at radius 1 is 1.06 bits per heavy atom. The number of halogens is 1. The maximum Gasteiger partial charge on any atom is 0.285 e. The molecule has 0 unspecified atom stereocenters. The lowest BCUT2D eigenvalue weighted by molar-refractivity contribution is 0.484. The van der Waals surface area contributed by atoms with Gasteiger partial charge >= 0.3 is 0 Å². The minimum Gasteiger partial charge on any atom is -0.348 e. The van der Waals surface area contributed by atoms with Crippen molar-refractivity contribution in [2.75, 3.05) is 28.2 Å². The molecule has 0 aliphatic rings. The number of hydrogen-bond donors (Lipinski definition) is 0. The normalized spacial score (nSPS) is 10.9. The van der Waals surface area contributed by atoms with Crippen LogP contribution in [0.1, 0.15) is 0 Å². The van der Waals surface area contributed by atoms with Crippen LogP contribution >= 0.6 is 11.6 Å². The van der Waals surface area contributed by atoms with Crippen LogP contribution in [0.5, 0.6) is 0 Å². The molecule has 0 saturated heterocycles. The third-order valence-electron chi connectivity index (χ3n) is 2.11. The van der Waals surface area contributed by atoms with E-state index >= 15 is 0 Å². The summed E-state index contributed by atoms with van der Waals surface area (Å²) in [6.45, 7) is 0. The van der Waals surface area contributed by atoms with Gasteiger partial charge in [0, 0.05) is 33.2 Å². The van der Waals surface area contributed by atoms with E-state index in [0.29, 0.717) is 11.0 Å². The molecular weight excluding hydrogens is 274 g/mol. The fraction of sp³-hybridized carbons (Fsp3) is 0.364. The van der Waals surface area contributed by atoms with E-state index < -0.39 is 10.0 Å². The van der Waals surface area contributed by atoms with Crippen LogP contribution in [-0.2, 0) is 10.0 Å². The zero-order valence-electron chi connectivity index (χ0n) is 10.8. The van der Waals surface area contributed by atoms with Crippen molar-refractivity contribution < 1.29 is 8.42 Å². The van der Waals surface area contributed by atoms with E-state index in [2.05, 4.69) is 4.40 Å². The van der Waals surface area contributed by atoms with Crippen molar-refractivity contribution >= 4 is 27.6 Å². The molecule has 0 fully saturated rings. The summed E-state index contributed by atoms with van der Waals surface area (Å²) >= 11 is 5.72. The Hall–Kier alpha value is -1.27. The van der Waals surface area contributed by atoms with E-state index in [4.69, 9.17) is 11.6 Å². The van der Waals surface area contributed by atoms with E-state index in [1.165, 1.54) is 24.3 Å². The first-order valence-electron chi connectivity index (χ1n) is 5.19. The summed E-state index contributed by atoms with van der Waals surface area (Å²) in [5.74, 6) is 0.352. The molecule has 0 N–H and O–H groups in total. The lowest BCUT2D eigenvalue weighted by Gasteiger charge is -2.22. The monoisotopic (exact) mass is 289 g/mol. The number of rotatable bonds is 2. The van der Waals surface area contributed by atoms with Gasteiger partial charge in [-0.05, 0) is 24.3 Å². The minimum atomic E-state index is -3.72. The average molecular weight is 290 g/mol. The summed E-state index contributed by atoms with van der Waals surface area (Å²) in [5.41, 5.74) is 0. The van der Waals surface area contributed by atoms with Crippen molar-refractivity contribution in [2.45, 2.75) is 4.90 Å². The molecule has 1 aromatic rings. The van der Waals surface area contributed by atoms with E-state index in [9.17, 15) is 8.42 Å². The Morgan fingerprint density at radius 3 is 1.89 bits per heavy atom. The van der Waals surface area contributed by atoms with Gasteiger partial charge in [0.2, 0.25) is 5.96 Å². The van der Waals surface area contributed by atoms with Gasteiger partial charge in [-0.2, -0.15) is 8.42 Å². The van der Waals surface area contributed by atoms with E-state index in [1.807, 2.05) is 0 Å². The standard InChI is InChI=1S/C11H16ClN3O2S/c1-14(2)11(15(3)4)13-18(16,17)10-7-5-9(12)6-8-10/h5-8H,1-4H3. The van der Waals surface area contributed by atoms with Crippen LogP contribution in [0.15, 0.2) is 33.6 Å². The van der Waals surface area contributed by atoms with E-state index in [1.54, 1.807) is 38.0 Å². The third kappa shape index (κ3) is 3.61. The SMILES string of the molecule is CN(C)C(=NS(=O)(=O)c1ccc(Cl)cc1)N(C)C. The number of hydrogen-bond acceptors (Lipinski definition) is 2. The van der Waals surface area contributed by atoms with Crippen molar-refractivity contribution in [3.05, 3.63) is 29.3 Å². The van der Waals surface area contributed by atoms with E-state index in [-0.39, 0.29) is 4.90 Å². The summed E-state index contributed by atoms with van der Waals surface area (Å²) in [5, 5.41) is 0.485. The van der Waals surface area contributed by atoms with Gasteiger partial charge in [0.15, 0.2) is 0 Å². The second-order valence-electron chi connectivity index (χ2n) is 4.11. The fourth-order valence-electron chi connectivity index (χ4n) is 1.33. The lowest BCUT2D eigenvalue weighted by atomic mass is 10.4. The van der Waals surface area contributed by atoms with Crippen LogP contribution in [0.4, 0.5) is 0 Å². The lowest BCUT2D eigenvalue weighted by Crippen LogP contribution is -2.36. The first-order chi connectivity index (χ1) is 8.24. The van der Waals surface area contributed by atoms with Crippen LogP contribution in [0.2, 0.25) is 5.02 Å². The van der Waals surface area contributed by atoms with Gasteiger partial charge in [0.1, 0.15) is 0 Å². The highest BCUT2D eigenvalue weighted by molar-refractivity contribution is 7.90. The quantitative estimate of drug-likeness (QED) is 0.612. The largest absolute Gasteiger partial charge is 0.348 e. The molecule has 0 aromatic heterocycles. The van der Waals surface area contributed by atoms with E-state index in [0.717, 1.165) is 0 Å². The molecule has 0 spiro atoms. The van der Waals surface area contributed by atoms with Crippen molar-refractivity contribution in [1.29, 1.82) is 0 Å². The molecule has 100 valence electrons. The third-order valence-corrected chi connectivity index (χ3v) is 3.64. The topological polar surface area (TPSA) is 53.0 Å². The highest BCUT2D eigenvalue weighted by atomic mass is 35.5. The van der Waals surface area contributed by atoms with Gasteiger partial charge in [-0.1, -0.05) is 11.6 Å². The van der Waals surface area contributed by atoms with Gasteiger partial charge in [0.05, 0.1) is 4.90 Å². The molecule has 0 atom stereocenters. The predicted molar refractivity (Wildman–Crippen MR) is 73.4 cm³/mol. The van der Waals surface area contributed by atoms with Gasteiger partial charge < -0.3 is 9.80 Å². The maximum atomic E-state index is 12.1. The minimum absolute atomic E-state index is 0.119. The zero-order valence-corrected chi connectivity index (χ0v) is 12.3. The van der Waals surface area contributed by atoms with Crippen LogP contribution < -0.4 is 0 Å². The molecule has 0 aliphatic heterocycles. The Bertz CT molecular complexity index is 526. The molecule has 18 heavy (non-hydrogen) atoms. The second-order valence-corrected chi connectivity index (χ2v) is 6.15. The van der Waals surface area contributed by atoms with Gasteiger partial charge in [-0.25, -0.2) is 0 Å². The molecule has 0 heterocycles. The van der Waals surface area contributed by atoms with Crippen LogP contribution in [0.3, 0.4) is 0 Å². The molecule has 7 heteroatoms. The molecule has 0 saturated carbocycles. The maximum absolute atomic E-state index is 12.1. The van der Waals surface area contributed by atoms with Crippen molar-refractivity contribution in [2.24, 2.45) is 4.40 Å². The van der Waals surface area contributed by atoms with Crippen LogP contribution in [-0.4, -0.2) is 52.4 Å². The summed E-state index contributed by atoms with van der Waals surface area (Å²) in [6, 6.07) is 5.91. The van der Waals surface area contributed by atoms with Crippen molar-refractivity contribution in [3.63, 3.8) is 0 Å². The summed E-state index contributed by atoms with van der Waals surface area (Å²) in [4.78, 5) is 3.38. The molecule has 0 bridgehead atoms. The molecule has 0 radical (unpaired) electrons. The zero-order chi connectivity index (χ0) is 13.9. The molecule has 5 nitrogen and oxygen atoms in total. The smallest absolute Gasteiger partial charge is 0.285 e. The second kappa shape index (κ2) is 5.58. The summed E-state index contributed by atoms with van der Waals surface area (Å²) < 4.78 is 28.0. The molecule has 1 rings (SSSR count). The summed E-state index contributed by atoms with van der Waals surface area (Å²) in [6.07, 6.45) is 0. The van der Waals surface area contributed by atoms with Gasteiger partial charge in [-0.15, -0.1) is 4.40 Å². The fourth-order valence-corrected chi connectivity index (χ4v) is 2.58. The van der Waals surface area contributed by atoms with Crippen LogP contribution in [0.25, 0.3) is 0 Å². The predicted octanol–water partition coefficient (Wildman–Crippen LogP) is 1.51. The van der Waals surface area contributed by atoms with Gasteiger partial charge in [-0.3, -0.25) is 0 Å². The molecule has 0 amide bonds. The Morgan fingerprint density at radius 2 is 1.50 bits per heavy atom. The highest BCUT2D eigenvalue weighted by Crippen LogP contribution is 2.16. The van der Waals surface area contributed by atoms with Crippen molar-refractivity contribution in [3.8, 4) is 0 Å². The highest BCUT2D eigenvalue weighted by Gasteiger charge is 2.16. The average Bonchev–Trinajstić information content (AvgIpc) is 2.26.